The molecule has 1 fully saturated rings. The van der Waals surface area contributed by atoms with Crippen molar-refractivity contribution in [1.82, 2.24) is 4.90 Å². The van der Waals surface area contributed by atoms with Crippen molar-refractivity contribution in [2.24, 2.45) is 0 Å². The highest BCUT2D eigenvalue weighted by Crippen LogP contribution is 2.30. The van der Waals surface area contributed by atoms with Gasteiger partial charge in [-0.05, 0) is 44.4 Å². The molecule has 0 spiro atoms. The first-order valence-electron chi connectivity index (χ1n) is 7.11. The fourth-order valence-electron chi connectivity index (χ4n) is 2.87. The van der Waals surface area contributed by atoms with E-state index in [1.54, 1.807) is 30.9 Å². The molecule has 21 heavy (non-hydrogen) atoms. The van der Waals surface area contributed by atoms with Crippen molar-refractivity contribution in [2.75, 3.05) is 6.54 Å². The average Bonchev–Trinajstić information content (AvgIpc) is 2.85. The largest absolute Gasteiger partial charge is 0.481 e. The molecule has 1 atom stereocenters. The first-order valence-corrected chi connectivity index (χ1v) is 7.11. The van der Waals surface area contributed by atoms with E-state index in [1.165, 1.54) is 12.1 Å². The normalized spacial score (nSPS) is 18.8. The molecule has 1 aliphatic heterocycles. The van der Waals surface area contributed by atoms with Crippen molar-refractivity contribution >= 4 is 11.9 Å². The van der Waals surface area contributed by atoms with Crippen LogP contribution in [0, 0.1) is 5.82 Å². The van der Waals surface area contributed by atoms with Crippen LogP contribution in [0.15, 0.2) is 24.3 Å². The summed E-state index contributed by atoms with van der Waals surface area (Å²) in [7, 11) is 0. The van der Waals surface area contributed by atoms with Gasteiger partial charge in [-0.25, -0.2) is 4.39 Å². The number of halogens is 1. The van der Waals surface area contributed by atoms with Crippen LogP contribution in [0.3, 0.4) is 0 Å². The molecule has 2 rings (SSSR count). The van der Waals surface area contributed by atoms with Crippen molar-refractivity contribution in [1.29, 1.82) is 0 Å². The molecule has 1 unspecified atom stereocenters. The van der Waals surface area contributed by atoms with Crippen LogP contribution in [0.5, 0.6) is 0 Å². The average molecular weight is 293 g/mol. The molecular formula is C16H20FNO3. The Morgan fingerprint density at radius 1 is 1.33 bits per heavy atom. The van der Waals surface area contributed by atoms with Gasteiger partial charge < -0.3 is 10.0 Å². The van der Waals surface area contributed by atoms with E-state index in [2.05, 4.69) is 0 Å². The van der Waals surface area contributed by atoms with E-state index in [0.29, 0.717) is 6.54 Å². The number of hydrogen-bond donors (Lipinski definition) is 1. The minimum absolute atomic E-state index is 0.0226. The number of rotatable bonds is 4. The maximum atomic E-state index is 13.0. The standard InChI is InChI=1S/C16H20FNO3/c1-16(2,11-5-7-12(17)8-6-11)15(21)18-9-3-4-13(18)10-14(19)20/h5-8,13H,3-4,9-10H2,1-2H3,(H,19,20). The molecule has 0 saturated carbocycles. The Balaban J connectivity index is 2.20. The topological polar surface area (TPSA) is 57.6 Å². The predicted octanol–water partition coefficient (Wildman–Crippen LogP) is 2.57. The summed E-state index contributed by atoms with van der Waals surface area (Å²) in [5.41, 5.74) is -0.0655. The summed E-state index contributed by atoms with van der Waals surface area (Å²) in [6.07, 6.45) is 1.52. The maximum absolute atomic E-state index is 13.0. The molecule has 1 N–H and O–H groups in total. The van der Waals surface area contributed by atoms with E-state index in [-0.39, 0.29) is 24.2 Å². The Hall–Kier alpha value is -1.91. The lowest BCUT2D eigenvalue weighted by Gasteiger charge is -2.33. The third-order valence-corrected chi connectivity index (χ3v) is 4.15. The number of carboxylic acid groups (broad SMARTS) is 1. The number of nitrogens with zero attached hydrogens (tertiary/aromatic N) is 1. The number of amides is 1. The van der Waals surface area contributed by atoms with Gasteiger partial charge >= 0.3 is 5.97 Å². The highest BCUT2D eigenvalue weighted by molar-refractivity contribution is 5.88. The summed E-state index contributed by atoms with van der Waals surface area (Å²) in [5, 5.41) is 8.94. The summed E-state index contributed by atoms with van der Waals surface area (Å²) >= 11 is 0. The van der Waals surface area contributed by atoms with E-state index >= 15 is 0 Å². The maximum Gasteiger partial charge on any atom is 0.305 e. The number of carbonyl (C=O) groups is 2. The molecule has 1 amide bonds. The Morgan fingerprint density at radius 2 is 1.95 bits per heavy atom. The van der Waals surface area contributed by atoms with E-state index in [0.717, 1.165) is 18.4 Å². The fraction of sp³-hybridized carbons (Fsp3) is 0.500. The third kappa shape index (κ3) is 3.23. The minimum Gasteiger partial charge on any atom is -0.481 e. The zero-order valence-electron chi connectivity index (χ0n) is 12.3. The Kier molecular flexibility index (Phi) is 4.30. The number of carbonyl (C=O) groups excluding carboxylic acids is 1. The molecule has 1 aliphatic rings. The number of likely N-dealkylation sites (tertiary alicyclic amines) is 1. The lowest BCUT2D eigenvalue weighted by atomic mass is 9.83. The minimum atomic E-state index is -0.890. The van der Waals surface area contributed by atoms with Crippen LogP contribution in [-0.4, -0.2) is 34.5 Å². The smallest absolute Gasteiger partial charge is 0.305 e. The first kappa shape index (κ1) is 15.5. The van der Waals surface area contributed by atoms with Gasteiger partial charge in [-0.15, -0.1) is 0 Å². The van der Waals surface area contributed by atoms with Crippen LogP contribution in [0.1, 0.15) is 38.7 Å². The molecule has 0 bridgehead atoms. The molecular weight excluding hydrogens is 273 g/mol. The van der Waals surface area contributed by atoms with Crippen LogP contribution in [0.25, 0.3) is 0 Å². The van der Waals surface area contributed by atoms with Gasteiger partial charge in [0.05, 0.1) is 11.8 Å². The summed E-state index contributed by atoms with van der Waals surface area (Å²) in [6.45, 7) is 4.17. The lowest BCUT2D eigenvalue weighted by molar-refractivity contribution is -0.141. The van der Waals surface area contributed by atoms with E-state index < -0.39 is 11.4 Å². The van der Waals surface area contributed by atoms with Crippen molar-refractivity contribution in [3.05, 3.63) is 35.6 Å². The number of benzene rings is 1. The molecule has 0 radical (unpaired) electrons. The van der Waals surface area contributed by atoms with Crippen molar-refractivity contribution < 1.29 is 19.1 Å². The van der Waals surface area contributed by atoms with Gasteiger partial charge in [0.2, 0.25) is 5.91 Å². The van der Waals surface area contributed by atoms with Gasteiger partial charge in [0, 0.05) is 12.6 Å². The van der Waals surface area contributed by atoms with Gasteiger partial charge in [-0.1, -0.05) is 12.1 Å². The fourth-order valence-corrected chi connectivity index (χ4v) is 2.87. The number of aliphatic carboxylic acids is 1. The van der Waals surface area contributed by atoms with Crippen LogP contribution in [0.2, 0.25) is 0 Å². The second-order valence-electron chi connectivity index (χ2n) is 6.02. The lowest BCUT2D eigenvalue weighted by Crippen LogP contribution is -2.46. The highest BCUT2D eigenvalue weighted by atomic mass is 19.1. The summed E-state index contributed by atoms with van der Waals surface area (Å²) in [5.74, 6) is -1.33. The zero-order chi connectivity index (χ0) is 15.6. The molecule has 114 valence electrons. The van der Waals surface area contributed by atoms with Crippen LogP contribution in [0.4, 0.5) is 4.39 Å². The summed E-state index contributed by atoms with van der Waals surface area (Å²) in [6, 6.07) is 5.65. The van der Waals surface area contributed by atoms with E-state index in [4.69, 9.17) is 5.11 Å². The van der Waals surface area contributed by atoms with Gasteiger partial charge in [-0.2, -0.15) is 0 Å². The number of carboxylic acids is 1. The Morgan fingerprint density at radius 3 is 2.52 bits per heavy atom. The summed E-state index contributed by atoms with van der Waals surface area (Å²) in [4.78, 5) is 25.3. The van der Waals surface area contributed by atoms with E-state index in [1.807, 2.05) is 0 Å². The molecule has 5 heteroatoms. The molecule has 1 aromatic rings. The van der Waals surface area contributed by atoms with Gasteiger partial charge in [0.15, 0.2) is 0 Å². The Bertz CT molecular complexity index is 539. The van der Waals surface area contributed by atoms with Crippen molar-refractivity contribution in [3.63, 3.8) is 0 Å². The summed E-state index contributed by atoms with van der Waals surface area (Å²) < 4.78 is 13.0. The van der Waals surface area contributed by atoms with E-state index in [9.17, 15) is 14.0 Å². The number of hydrogen-bond acceptors (Lipinski definition) is 2. The van der Waals surface area contributed by atoms with Gasteiger partial charge in [-0.3, -0.25) is 9.59 Å². The van der Waals surface area contributed by atoms with Crippen LogP contribution >= 0.6 is 0 Å². The molecule has 0 aromatic heterocycles. The van der Waals surface area contributed by atoms with Crippen LogP contribution in [-0.2, 0) is 15.0 Å². The van der Waals surface area contributed by atoms with Gasteiger partial charge in [0.25, 0.3) is 0 Å². The SMILES string of the molecule is CC(C)(C(=O)N1CCCC1CC(=O)O)c1ccc(F)cc1. The quantitative estimate of drug-likeness (QED) is 0.928. The molecule has 4 nitrogen and oxygen atoms in total. The second-order valence-corrected chi connectivity index (χ2v) is 6.02. The molecule has 0 aliphatic carbocycles. The van der Waals surface area contributed by atoms with Gasteiger partial charge in [0.1, 0.15) is 5.82 Å². The molecule has 1 saturated heterocycles. The van der Waals surface area contributed by atoms with Crippen molar-refractivity contribution in [3.8, 4) is 0 Å². The van der Waals surface area contributed by atoms with Crippen LogP contribution < -0.4 is 0 Å². The van der Waals surface area contributed by atoms with Crippen molar-refractivity contribution in [2.45, 2.75) is 44.6 Å². The zero-order valence-corrected chi connectivity index (χ0v) is 12.3. The highest BCUT2D eigenvalue weighted by Gasteiger charge is 2.39. The first-order chi connectivity index (χ1) is 9.82. The Labute approximate surface area is 123 Å². The monoisotopic (exact) mass is 293 g/mol. The molecule has 1 heterocycles. The predicted molar refractivity (Wildman–Crippen MR) is 76.4 cm³/mol. The third-order valence-electron chi connectivity index (χ3n) is 4.15. The molecule has 1 aromatic carbocycles. The second kappa shape index (κ2) is 5.84.